The minimum Gasteiger partial charge on any atom is -0.748 e. The van der Waals surface area contributed by atoms with Crippen LogP contribution in [0.1, 0.15) is 103 Å². The molecule has 1 aromatic carbocycles. The van der Waals surface area contributed by atoms with Crippen LogP contribution in [0.5, 0.6) is 5.75 Å². The van der Waals surface area contributed by atoms with Crippen molar-refractivity contribution in [3.05, 3.63) is 29.3 Å². The summed E-state index contributed by atoms with van der Waals surface area (Å²) in [6.45, 7) is 6.29. The van der Waals surface area contributed by atoms with E-state index >= 15 is 0 Å². The maximum atomic E-state index is 10.8. The molecule has 0 aliphatic carbocycles. The van der Waals surface area contributed by atoms with E-state index in [1.54, 1.807) is 0 Å². The third-order valence-corrected chi connectivity index (χ3v) is 6.12. The number of benzene rings is 1. The molecule has 0 aliphatic rings. The summed E-state index contributed by atoms with van der Waals surface area (Å²) in [6.07, 6.45) is 14.8. The van der Waals surface area contributed by atoms with Gasteiger partial charge in [-0.15, -0.1) is 0 Å². The quantitative estimate of drug-likeness (QED) is 0.208. The molecule has 0 saturated heterocycles. The van der Waals surface area contributed by atoms with Crippen LogP contribution in [-0.4, -0.2) is 24.8 Å². The Hall–Kier alpha value is -0.0700. The van der Waals surface area contributed by atoms with Crippen molar-refractivity contribution in [3.63, 3.8) is 0 Å². The van der Waals surface area contributed by atoms with Crippen LogP contribution in [0, 0.1) is 0 Å². The Labute approximate surface area is 207 Å². The standard InChI is InChI=1S/C24H42O4S.Na/c1-4-6-8-10-12-14-22-16-17-24(28-21(3)18-19-29(25,26)27)20-23(22)15-13-11-9-7-5-2;/h16-17,20-21H,4-15,18-19H2,1-3H3,(H,25,26,27);/q;+1/p-1. The van der Waals surface area contributed by atoms with E-state index in [1.807, 2.05) is 13.0 Å². The van der Waals surface area contributed by atoms with Crippen LogP contribution in [0.3, 0.4) is 0 Å². The first-order valence-corrected chi connectivity index (χ1v) is 13.2. The number of hydrogen-bond acceptors (Lipinski definition) is 4. The topological polar surface area (TPSA) is 66.4 Å². The van der Waals surface area contributed by atoms with E-state index in [0.717, 1.165) is 18.6 Å². The molecule has 0 aliphatic heterocycles. The van der Waals surface area contributed by atoms with Crippen molar-refractivity contribution < 1.29 is 47.3 Å². The van der Waals surface area contributed by atoms with Gasteiger partial charge in [0.25, 0.3) is 0 Å². The second kappa shape index (κ2) is 17.5. The Balaban J connectivity index is 0.00000841. The first kappa shape index (κ1) is 29.9. The van der Waals surface area contributed by atoms with Crippen molar-refractivity contribution in [3.8, 4) is 5.75 Å². The number of ether oxygens (including phenoxy) is 1. The average molecular weight is 449 g/mol. The van der Waals surface area contributed by atoms with Crippen molar-refractivity contribution in [2.75, 3.05) is 5.75 Å². The fourth-order valence-corrected chi connectivity index (χ4v) is 4.21. The minimum atomic E-state index is -4.19. The third kappa shape index (κ3) is 14.9. The first-order chi connectivity index (χ1) is 13.9. The Morgan fingerprint density at radius 3 is 1.93 bits per heavy atom. The van der Waals surface area contributed by atoms with Gasteiger partial charge >= 0.3 is 29.6 Å². The van der Waals surface area contributed by atoms with Gasteiger partial charge in [-0.1, -0.05) is 71.3 Å². The van der Waals surface area contributed by atoms with E-state index < -0.39 is 10.1 Å². The fourth-order valence-electron chi connectivity index (χ4n) is 3.59. The molecule has 168 valence electrons. The van der Waals surface area contributed by atoms with Gasteiger partial charge in [0, 0.05) is 5.75 Å². The molecule has 1 rings (SSSR count). The largest absolute Gasteiger partial charge is 1.00 e. The number of hydrogen-bond donors (Lipinski definition) is 0. The molecule has 0 bridgehead atoms. The molecule has 0 radical (unpaired) electrons. The van der Waals surface area contributed by atoms with Crippen LogP contribution >= 0.6 is 0 Å². The normalized spacial score (nSPS) is 12.4. The van der Waals surface area contributed by atoms with Gasteiger partial charge < -0.3 is 9.29 Å². The van der Waals surface area contributed by atoms with Gasteiger partial charge in [-0.05, 0) is 62.3 Å². The van der Waals surface area contributed by atoms with Gasteiger partial charge in [-0.25, -0.2) is 8.42 Å². The molecule has 1 unspecified atom stereocenters. The van der Waals surface area contributed by atoms with Crippen LogP contribution in [0.15, 0.2) is 18.2 Å². The van der Waals surface area contributed by atoms with E-state index in [-0.39, 0.29) is 47.8 Å². The van der Waals surface area contributed by atoms with Gasteiger partial charge in [0.15, 0.2) is 0 Å². The van der Waals surface area contributed by atoms with E-state index in [0.29, 0.717) is 0 Å². The molecular weight excluding hydrogens is 407 g/mol. The maximum absolute atomic E-state index is 10.8. The predicted octanol–water partition coefficient (Wildman–Crippen LogP) is 3.42. The van der Waals surface area contributed by atoms with Gasteiger partial charge in [-0.3, -0.25) is 0 Å². The van der Waals surface area contributed by atoms with Crippen molar-refractivity contribution in [2.24, 2.45) is 0 Å². The molecule has 0 spiro atoms. The molecule has 1 aromatic rings. The van der Waals surface area contributed by atoms with Crippen LogP contribution in [0.4, 0.5) is 0 Å². The molecule has 0 fully saturated rings. The Kier molecular flexibility index (Phi) is 17.4. The number of unbranched alkanes of at least 4 members (excludes halogenated alkanes) is 8. The van der Waals surface area contributed by atoms with Crippen molar-refractivity contribution >= 4 is 10.1 Å². The van der Waals surface area contributed by atoms with Crippen molar-refractivity contribution in [1.82, 2.24) is 0 Å². The molecule has 6 heteroatoms. The first-order valence-electron chi connectivity index (χ1n) is 11.6. The van der Waals surface area contributed by atoms with Crippen LogP contribution in [-0.2, 0) is 23.0 Å². The van der Waals surface area contributed by atoms with E-state index in [9.17, 15) is 13.0 Å². The summed E-state index contributed by atoms with van der Waals surface area (Å²) < 4.78 is 38.4. The second-order valence-corrected chi connectivity index (χ2v) is 9.76. The van der Waals surface area contributed by atoms with Gasteiger partial charge in [-0.2, -0.15) is 0 Å². The Morgan fingerprint density at radius 1 is 0.867 bits per heavy atom. The summed E-state index contributed by atoms with van der Waals surface area (Å²) in [5.74, 6) is 0.396. The Morgan fingerprint density at radius 2 is 1.40 bits per heavy atom. The number of aryl methyl sites for hydroxylation is 2. The van der Waals surface area contributed by atoms with E-state index in [2.05, 4.69) is 26.0 Å². The van der Waals surface area contributed by atoms with E-state index in [4.69, 9.17) is 4.74 Å². The summed E-state index contributed by atoms with van der Waals surface area (Å²) in [5.41, 5.74) is 2.78. The monoisotopic (exact) mass is 448 g/mol. The van der Waals surface area contributed by atoms with Crippen molar-refractivity contribution in [2.45, 2.75) is 110 Å². The van der Waals surface area contributed by atoms with Crippen molar-refractivity contribution in [1.29, 1.82) is 0 Å². The smallest absolute Gasteiger partial charge is 0.748 e. The van der Waals surface area contributed by atoms with Crippen LogP contribution in [0.2, 0.25) is 0 Å². The SMILES string of the molecule is CCCCCCCc1ccc(OC(C)CCS(=O)(=O)[O-])cc1CCCCCCC.[Na+]. The number of rotatable bonds is 17. The maximum Gasteiger partial charge on any atom is 1.00 e. The zero-order valence-electron chi connectivity index (χ0n) is 19.8. The van der Waals surface area contributed by atoms with Gasteiger partial charge in [0.2, 0.25) is 0 Å². The minimum absolute atomic E-state index is 0. The molecule has 1 atom stereocenters. The molecule has 0 saturated carbocycles. The average Bonchev–Trinajstić information content (AvgIpc) is 2.67. The molecular formula is C24H41NaO4S. The third-order valence-electron chi connectivity index (χ3n) is 5.39. The summed E-state index contributed by atoms with van der Waals surface area (Å²) >= 11 is 0. The molecule has 0 aromatic heterocycles. The predicted molar refractivity (Wildman–Crippen MR) is 121 cm³/mol. The zero-order chi connectivity index (χ0) is 21.5. The van der Waals surface area contributed by atoms with Crippen LogP contribution < -0.4 is 34.3 Å². The molecule has 0 amide bonds. The molecule has 30 heavy (non-hydrogen) atoms. The molecule has 0 N–H and O–H groups in total. The van der Waals surface area contributed by atoms with Gasteiger partial charge in [0.05, 0.1) is 16.2 Å². The summed E-state index contributed by atoms with van der Waals surface area (Å²) in [6, 6.07) is 6.29. The summed E-state index contributed by atoms with van der Waals surface area (Å²) in [4.78, 5) is 0. The van der Waals surface area contributed by atoms with Crippen LogP contribution in [0.25, 0.3) is 0 Å². The summed E-state index contributed by atoms with van der Waals surface area (Å²) in [7, 11) is -4.19. The molecule has 0 heterocycles. The second-order valence-electron chi connectivity index (χ2n) is 8.24. The Bertz CT molecular complexity index is 661. The molecule has 4 nitrogen and oxygen atoms in total. The van der Waals surface area contributed by atoms with E-state index in [1.165, 1.54) is 75.3 Å². The fraction of sp³-hybridized carbons (Fsp3) is 0.750. The van der Waals surface area contributed by atoms with Gasteiger partial charge in [0.1, 0.15) is 5.75 Å². The summed E-state index contributed by atoms with van der Waals surface area (Å²) in [5, 5.41) is 0. The zero-order valence-corrected chi connectivity index (χ0v) is 22.6.